The predicted molar refractivity (Wildman–Crippen MR) is 99.6 cm³/mol. The van der Waals surface area contributed by atoms with Gasteiger partial charge in [-0.3, -0.25) is 0 Å². The maximum Gasteiger partial charge on any atom is 0.142 e. The summed E-state index contributed by atoms with van der Waals surface area (Å²) in [5.41, 5.74) is 4.26. The first-order valence-electron chi connectivity index (χ1n) is 7.53. The van der Waals surface area contributed by atoms with E-state index in [9.17, 15) is 0 Å². The lowest BCUT2D eigenvalue weighted by Gasteiger charge is -2.02. The van der Waals surface area contributed by atoms with Gasteiger partial charge in [-0.25, -0.2) is 9.97 Å². The number of hydrogen-bond donors (Lipinski definition) is 1. The summed E-state index contributed by atoms with van der Waals surface area (Å²) in [6.07, 6.45) is 1.59. The van der Waals surface area contributed by atoms with E-state index in [-0.39, 0.29) is 0 Å². The smallest absolute Gasteiger partial charge is 0.142 e. The molecule has 1 N–H and O–H groups in total. The third kappa shape index (κ3) is 3.03. The van der Waals surface area contributed by atoms with Gasteiger partial charge in [0.2, 0.25) is 0 Å². The number of aromatic nitrogens is 3. The molecule has 5 heteroatoms. The van der Waals surface area contributed by atoms with Gasteiger partial charge < -0.3 is 4.98 Å². The molecule has 3 nitrogen and oxygen atoms in total. The van der Waals surface area contributed by atoms with Gasteiger partial charge in [0.05, 0.1) is 5.39 Å². The van der Waals surface area contributed by atoms with Gasteiger partial charge in [-0.15, -0.1) is 0 Å². The summed E-state index contributed by atoms with van der Waals surface area (Å²) in [5.74, 6) is 0. The van der Waals surface area contributed by atoms with Crippen molar-refractivity contribution in [1.82, 2.24) is 15.0 Å². The summed E-state index contributed by atoms with van der Waals surface area (Å²) in [7, 11) is 0. The summed E-state index contributed by atoms with van der Waals surface area (Å²) < 4.78 is 0. The third-order valence-electron chi connectivity index (χ3n) is 3.76. The number of H-pyrrole nitrogens is 1. The van der Waals surface area contributed by atoms with Gasteiger partial charge in [-0.05, 0) is 36.8 Å². The van der Waals surface area contributed by atoms with E-state index in [4.69, 9.17) is 11.6 Å². The molecule has 0 radical (unpaired) electrons. The maximum absolute atomic E-state index is 6.07. The number of nitrogens with one attached hydrogen (secondary N) is 1. The molecule has 0 amide bonds. The summed E-state index contributed by atoms with van der Waals surface area (Å²) in [4.78, 5) is 13.2. The Bertz CT molecular complexity index is 1010. The number of hydrogen-bond acceptors (Lipinski definition) is 3. The Morgan fingerprint density at radius 1 is 1.00 bits per heavy atom. The fraction of sp³-hybridized carbons (Fsp3) is 0.0526. The minimum Gasteiger partial charge on any atom is -0.339 e. The van der Waals surface area contributed by atoms with Crippen LogP contribution < -0.4 is 0 Å². The molecule has 0 unspecified atom stereocenters. The van der Waals surface area contributed by atoms with Crippen LogP contribution in [0.15, 0.2) is 70.8 Å². The molecule has 2 aromatic heterocycles. The van der Waals surface area contributed by atoms with E-state index in [2.05, 4.69) is 52.2 Å². The summed E-state index contributed by atoms with van der Waals surface area (Å²) >= 11 is 7.66. The van der Waals surface area contributed by atoms with Crippen LogP contribution in [0.3, 0.4) is 0 Å². The van der Waals surface area contributed by atoms with Gasteiger partial charge in [-0.1, -0.05) is 59.3 Å². The van der Waals surface area contributed by atoms with Gasteiger partial charge >= 0.3 is 0 Å². The molecule has 0 saturated carbocycles. The van der Waals surface area contributed by atoms with E-state index in [1.807, 2.05) is 24.3 Å². The second-order valence-corrected chi connectivity index (χ2v) is 7.05. The van der Waals surface area contributed by atoms with Crippen molar-refractivity contribution in [3.8, 4) is 11.3 Å². The first-order valence-corrected chi connectivity index (χ1v) is 8.73. The Balaban J connectivity index is 1.76. The second kappa shape index (κ2) is 6.30. The molecular formula is C19H14ClN3S. The quantitative estimate of drug-likeness (QED) is 0.478. The molecule has 24 heavy (non-hydrogen) atoms. The monoisotopic (exact) mass is 351 g/mol. The fourth-order valence-corrected chi connectivity index (χ4v) is 3.71. The molecular weight excluding hydrogens is 338 g/mol. The van der Waals surface area contributed by atoms with E-state index in [0.717, 1.165) is 37.2 Å². The van der Waals surface area contributed by atoms with Gasteiger partial charge in [0.1, 0.15) is 17.0 Å². The third-order valence-corrected chi connectivity index (χ3v) is 5.01. The number of nitrogens with zero attached hydrogens (tertiary/aromatic N) is 2. The van der Waals surface area contributed by atoms with Crippen molar-refractivity contribution in [3.63, 3.8) is 0 Å². The molecule has 0 aliphatic heterocycles. The number of aromatic amines is 1. The minimum atomic E-state index is 0.722. The summed E-state index contributed by atoms with van der Waals surface area (Å²) in [6, 6.07) is 18.3. The lowest BCUT2D eigenvalue weighted by atomic mass is 10.1. The highest BCUT2D eigenvalue weighted by molar-refractivity contribution is 7.99. The number of fused-ring (bicyclic) bond motifs is 1. The predicted octanol–water partition coefficient (Wildman–Crippen LogP) is 5.74. The molecule has 0 aliphatic carbocycles. The van der Waals surface area contributed by atoms with Gasteiger partial charge in [0, 0.05) is 15.6 Å². The van der Waals surface area contributed by atoms with Gasteiger partial charge in [-0.2, -0.15) is 0 Å². The zero-order valence-electron chi connectivity index (χ0n) is 13.0. The Kier molecular flexibility index (Phi) is 4.00. The van der Waals surface area contributed by atoms with Crippen molar-refractivity contribution in [2.45, 2.75) is 16.8 Å². The lowest BCUT2D eigenvalue weighted by Crippen LogP contribution is -1.84. The zero-order chi connectivity index (χ0) is 16.5. The molecule has 0 spiro atoms. The molecule has 4 rings (SSSR count). The Morgan fingerprint density at radius 3 is 2.62 bits per heavy atom. The van der Waals surface area contributed by atoms with Crippen LogP contribution in [0.5, 0.6) is 0 Å². The van der Waals surface area contributed by atoms with Crippen molar-refractivity contribution in [2.24, 2.45) is 0 Å². The van der Waals surface area contributed by atoms with Crippen molar-refractivity contribution < 1.29 is 0 Å². The van der Waals surface area contributed by atoms with E-state index in [1.165, 1.54) is 5.56 Å². The molecule has 0 fully saturated rings. The average molecular weight is 352 g/mol. The lowest BCUT2D eigenvalue weighted by molar-refractivity contribution is 1.09. The van der Waals surface area contributed by atoms with Crippen molar-refractivity contribution in [3.05, 3.63) is 71.5 Å². The molecule has 2 aromatic carbocycles. The van der Waals surface area contributed by atoms with E-state index in [0.29, 0.717) is 0 Å². The van der Waals surface area contributed by atoms with Gasteiger partial charge in [0.15, 0.2) is 0 Å². The normalized spacial score (nSPS) is 11.1. The number of aryl methyl sites for hydroxylation is 1. The van der Waals surface area contributed by atoms with E-state index >= 15 is 0 Å². The van der Waals surface area contributed by atoms with Crippen LogP contribution in [0.4, 0.5) is 0 Å². The van der Waals surface area contributed by atoms with Crippen molar-refractivity contribution in [1.29, 1.82) is 0 Å². The van der Waals surface area contributed by atoms with Crippen LogP contribution in [-0.2, 0) is 0 Å². The first-order chi connectivity index (χ1) is 11.7. The van der Waals surface area contributed by atoms with Crippen molar-refractivity contribution in [2.75, 3.05) is 0 Å². The number of benzene rings is 2. The van der Waals surface area contributed by atoms with Gasteiger partial charge in [0.25, 0.3) is 0 Å². The van der Waals surface area contributed by atoms with Crippen LogP contribution in [0.2, 0.25) is 5.02 Å². The van der Waals surface area contributed by atoms with E-state index < -0.39 is 0 Å². The highest BCUT2D eigenvalue weighted by Crippen LogP contribution is 2.34. The average Bonchev–Trinajstić information content (AvgIpc) is 3.01. The molecule has 4 aromatic rings. The standard InChI is InChI=1S/C19H14ClN3S/c1-12-5-7-13(8-6-12)17-10-16-18(23-17)21-11-22-19(16)24-15-4-2-3-14(20)9-15/h2-11H,1H3,(H,21,22,23). The Labute approximate surface area is 149 Å². The largest absolute Gasteiger partial charge is 0.339 e. The molecule has 2 heterocycles. The van der Waals surface area contributed by atoms with Crippen molar-refractivity contribution >= 4 is 34.4 Å². The number of halogens is 1. The first kappa shape index (κ1) is 15.2. The SMILES string of the molecule is Cc1ccc(-c2cc3c(Sc4cccc(Cl)c4)ncnc3[nH]2)cc1. The molecule has 0 aliphatic rings. The zero-order valence-corrected chi connectivity index (χ0v) is 14.5. The topological polar surface area (TPSA) is 41.6 Å². The maximum atomic E-state index is 6.07. The Morgan fingerprint density at radius 2 is 1.83 bits per heavy atom. The summed E-state index contributed by atoms with van der Waals surface area (Å²) in [6.45, 7) is 2.08. The van der Waals surface area contributed by atoms with Crippen LogP contribution in [0, 0.1) is 6.92 Å². The number of rotatable bonds is 3. The molecule has 0 saturated heterocycles. The van der Waals surface area contributed by atoms with E-state index in [1.54, 1.807) is 18.1 Å². The molecule has 118 valence electrons. The fourth-order valence-electron chi connectivity index (χ4n) is 2.53. The van der Waals surface area contributed by atoms with Crippen LogP contribution >= 0.6 is 23.4 Å². The van der Waals surface area contributed by atoms with Crippen LogP contribution in [0.1, 0.15) is 5.56 Å². The second-order valence-electron chi connectivity index (χ2n) is 5.55. The Hall–Kier alpha value is -2.30. The highest BCUT2D eigenvalue weighted by atomic mass is 35.5. The summed E-state index contributed by atoms with van der Waals surface area (Å²) in [5, 5.41) is 2.65. The molecule has 0 atom stereocenters. The van der Waals surface area contributed by atoms with Crippen LogP contribution in [0.25, 0.3) is 22.3 Å². The minimum absolute atomic E-state index is 0.722. The van der Waals surface area contributed by atoms with Crippen LogP contribution in [-0.4, -0.2) is 15.0 Å². The highest BCUT2D eigenvalue weighted by Gasteiger charge is 2.10. The molecule has 0 bridgehead atoms.